The van der Waals surface area contributed by atoms with Gasteiger partial charge in [-0.3, -0.25) is 4.79 Å². The molecule has 0 saturated carbocycles. The van der Waals surface area contributed by atoms with Crippen LogP contribution >= 0.6 is 0 Å². The first kappa shape index (κ1) is 15.7. The Balaban J connectivity index is 2.22. The van der Waals surface area contributed by atoms with Crippen molar-refractivity contribution in [1.82, 2.24) is 4.98 Å². The number of fused-ring (bicyclic) bond motifs is 1. The quantitative estimate of drug-likeness (QED) is 0.555. The first-order valence-corrected chi connectivity index (χ1v) is 8.18. The summed E-state index contributed by atoms with van der Waals surface area (Å²) < 4.78 is 25.3. The van der Waals surface area contributed by atoms with Crippen molar-refractivity contribution in [2.75, 3.05) is 0 Å². The number of H-pyrrole nitrogens is 1. The van der Waals surface area contributed by atoms with Gasteiger partial charge in [-0.2, -0.15) is 5.26 Å². The predicted octanol–water partition coefficient (Wildman–Crippen LogP) is 2.08. The van der Waals surface area contributed by atoms with E-state index in [2.05, 4.69) is 9.87 Å². The van der Waals surface area contributed by atoms with Crippen molar-refractivity contribution >= 4 is 20.7 Å². The molecule has 0 saturated heterocycles. The summed E-state index contributed by atoms with van der Waals surface area (Å²) in [5.41, 5.74) is -0.00213. The maximum absolute atomic E-state index is 12.7. The summed E-state index contributed by atoms with van der Waals surface area (Å²) in [6.07, 6.45) is 1.12. The van der Waals surface area contributed by atoms with E-state index in [4.69, 9.17) is 10.5 Å². The second-order valence-electron chi connectivity index (χ2n) is 4.92. The van der Waals surface area contributed by atoms with Crippen LogP contribution in [-0.2, 0) is 9.84 Å². The molecule has 24 heavy (non-hydrogen) atoms. The first-order chi connectivity index (χ1) is 11.5. The molecule has 7 nitrogen and oxygen atoms in total. The molecule has 3 aromatic rings. The average molecular weight is 342 g/mol. The summed E-state index contributed by atoms with van der Waals surface area (Å²) in [6, 6.07) is 11.3. The number of hydrogen-bond donors (Lipinski definition) is 2. The zero-order valence-electron chi connectivity index (χ0n) is 12.1. The number of nitrogens with zero attached hydrogens (tertiary/aromatic N) is 1. The third-order valence-electron chi connectivity index (χ3n) is 3.51. The Bertz CT molecular complexity index is 1130. The minimum atomic E-state index is -4.06. The van der Waals surface area contributed by atoms with E-state index in [0.29, 0.717) is 11.1 Å². The molecule has 1 heterocycles. The highest BCUT2D eigenvalue weighted by atomic mass is 32.2. The number of sulfone groups is 1. The molecule has 0 atom stereocenters. The van der Waals surface area contributed by atoms with Crippen molar-refractivity contribution in [2.24, 2.45) is 0 Å². The van der Waals surface area contributed by atoms with Gasteiger partial charge in [-0.25, -0.2) is 13.7 Å². The van der Waals surface area contributed by atoms with Crippen LogP contribution < -0.4 is 10.3 Å². The number of nitrogens with one attached hydrogen (secondary N) is 1. The second-order valence-corrected chi connectivity index (χ2v) is 6.84. The monoisotopic (exact) mass is 342 g/mol. The van der Waals surface area contributed by atoms with Gasteiger partial charge in [0.15, 0.2) is 5.75 Å². The number of benzene rings is 2. The van der Waals surface area contributed by atoms with Gasteiger partial charge in [0.2, 0.25) is 15.3 Å². The van der Waals surface area contributed by atoms with Crippen LogP contribution in [0.3, 0.4) is 0 Å². The highest BCUT2D eigenvalue weighted by Gasteiger charge is 2.22. The number of nitriles is 1. The van der Waals surface area contributed by atoms with Gasteiger partial charge in [-0.05, 0) is 42.5 Å². The van der Waals surface area contributed by atoms with Crippen LogP contribution in [0.2, 0.25) is 0 Å². The fourth-order valence-electron chi connectivity index (χ4n) is 2.27. The third kappa shape index (κ3) is 2.52. The summed E-state index contributed by atoms with van der Waals surface area (Å²) >= 11 is 0. The molecule has 0 aliphatic heterocycles. The number of rotatable bonds is 3. The number of aromatic nitrogens is 1. The van der Waals surface area contributed by atoms with Crippen molar-refractivity contribution in [3.05, 3.63) is 64.4 Å². The third-order valence-corrected chi connectivity index (χ3v) is 5.28. The van der Waals surface area contributed by atoms with Crippen molar-refractivity contribution in [3.63, 3.8) is 0 Å². The fourth-order valence-corrected chi connectivity index (χ4v) is 3.59. The van der Waals surface area contributed by atoms with E-state index < -0.39 is 20.2 Å². The maximum Gasteiger partial charge on any atom is 0.211 e. The van der Waals surface area contributed by atoms with E-state index in [1.165, 1.54) is 42.5 Å². The van der Waals surface area contributed by atoms with Crippen LogP contribution in [0.5, 0.6) is 5.75 Å². The van der Waals surface area contributed by atoms with E-state index in [1.54, 1.807) is 0 Å². The van der Waals surface area contributed by atoms with Crippen LogP contribution in [0.25, 0.3) is 10.9 Å². The molecule has 0 bridgehead atoms. The van der Waals surface area contributed by atoms with Crippen LogP contribution in [0.15, 0.2) is 63.2 Å². The van der Waals surface area contributed by atoms with Gasteiger partial charge >= 0.3 is 0 Å². The van der Waals surface area contributed by atoms with Gasteiger partial charge in [-0.15, -0.1) is 0 Å². The zero-order chi connectivity index (χ0) is 17.3. The number of hydrogen-bond acceptors (Lipinski definition) is 6. The number of aromatic amines is 1. The van der Waals surface area contributed by atoms with Crippen molar-refractivity contribution in [3.8, 4) is 11.8 Å². The van der Waals surface area contributed by atoms with Gasteiger partial charge in [0.25, 0.3) is 0 Å². The Hall–Kier alpha value is -3.15. The van der Waals surface area contributed by atoms with Gasteiger partial charge < -0.3 is 9.87 Å². The van der Waals surface area contributed by atoms with Crippen LogP contribution in [0, 0.1) is 11.3 Å². The van der Waals surface area contributed by atoms with Crippen LogP contribution in [0.4, 0.5) is 0 Å². The molecular formula is C16H10N2O5S. The van der Waals surface area contributed by atoms with E-state index in [9.17, 15) is 13.2 Å². The summed E-state index contributed by atoms with van der Waals surface area (Å²) in [7, 11) is -4.06. The molecule has 0 amide bonds. The SMILES string of the molecule is N#Cc1ccc(S(=O)(=O)c2c[nH]c3ccc(OO)cc3c2=O)cc1. The lowest BCUT2D eigenvalue weighted by molar-refractivity contribution is -0.137. The molecule has 0 unspecified atom stereocenters. The highest BCUT2D eigenvalue weighted by Crippen LogP contribution is 2.22. The largest absolute Gasteiger partial charge is 0.360 e. The molecule has 0 fully saturated rings. The van der Waals surface area contributed by atoms with E-state index >= 15 is 0 Å². The molecule has 2 N–H and O–H groups in total. The molecule has 2 aromatic carbocycles. The molecule has 0 aliphatic rings. The van der Waals surface area contributed by atoms with Crippen LogP contribution in [0.1, 0.15) is 5.56 Å². The lowest BCUT2D eigenvalue weighted by Gasteiger charge is -2.06. The van der Waals surface area contributed by atoms with Crippen molar-refractivity contribution < 1.29 is 18.6 Å². The lowest BCUT2D eigenvalue weighted by atomic mass is 10.2. The lowest BCUT2D eigenvalue weighted by Crippen LogP contribution is -2.16. The molecule has 120 valence electrons. The minimum absolute atomic E-state index is 0.0147. The maximum atomic E-state index is 12.7. The van der Waals surface area contributed by atoms with Gasteiger partial charge in [0, 0.05) is 11.7 Å². The summed E-state index contributed by atoms with van der Waals surface area (Å²) in [5, 5.41) is 17.5. The van der Waals surface area contributed by atoms with Crippen molar-refractivity contribution in [1.29, 1.82) is 5.26 Å². The Morgan fingerprint density at radius 2 is 1.83 bits per heavy atom. The summed E-state index contributed by atoms with van der Waals surface area (Å²) in [6.45, 7) is 0. The topological polar surface area (TPSA) is 120 Å². The number of pyridine rings is 1. The Morgan fingerprint density at radius 1 is 1.12 bits per heavy atom. The molecule has 0 spiro atoms. The Kier molecular flexibility index (Phi) is 3.81. The molecule has 8 heteroatoms. The molecule has 0 radical (unpaired) electrons. The van der Waals surface area contributed by atoms with Gasteiger partial charge in [-0.1, -0.05) is 0 Å². The molecule has 1 aromatic heterocycles. The van der Waals surface area contributed by atoms with Gasteiger partial charge in [0.05, 0.1) is 21.9 Å². The smallest absolute Gasteiger partial charge is 0.211 e. The standard InChI is InChI=1S/C16H10N2O5S/c17-8-10-1-4-12(5-2-10)24(21,22)15-9-18-14-6-3-11(23-20)7-13(14)16(15)19/h1-7,9,20H,(H,18,19). The summed E-state index contributed by atoms with van der Waals surface area (Å²) in [5.74, 6) is 0.0147. The zero-order valence-corrected chi connectivity index (χ0v) is 12.9. The van der Waals surface area contributed by atoms with E-state index in [1.807, 2.05) is 6.07 Å². The average Bonchev–Trinajstić information content (AvgIpc) is 2.61. The predicted molar refractivity (Wildman–Crippen MR) is 84.4 cm³/mol. The molecule has 3 rings (SSSR count). The Morgan fingerprint density at radius 3 is 2.46 bits per heavy atom. The van der Waals surface area contributed by atoms with Crippen molar-refractivity contribution in [2.45, 2.75) is 9.79 Å². The van der Waals surface area contributed by atoms with Crippen LogP contribution in [-0.4, -0.2) is 18.7 Å². The highest BCUT2D eigenvalue weighted by molar-refractivity contribution is 7.91. The minimum Gasteiger partial charge on any atom is -0.360 e. The fraction of sp³-hybridized carbons (Fsp3) is 0. The summed E-state index contributed by atoms with van der Waals surface area (Å²) in [4.78, 5) is 18.8. The second kappa shape index (κ2) is 5.81. The Labute approximate surface area is 136 Å². The molecular weight excluding hydrogens is 332 g/mol. The van der Waals surface area contributed by atoms with Gasteiger partial charge in [0.1, 0.15) is 4.90 Å². The normalized spacial score (nSPS) is 11.2. The van der Waals surface area contributed by atoms with E-state index in [0.717, 1.165) is 6.20 Å². The first-order valence-electron chi connectivity index (χ1n) is 6.69. The van der Waals surface area contributed by atoms with E-state index in [-0.39, 0.29) is 16.0 Å². The molecule has 0 aliphatic carbocycles.